The van der Waals surface area contributed by atoms with E-state index in [9.17, 15) is 14.0 Å². The molecule has 0 unspecified atom stereocenters. The molecule has 1 aliphatic heterocycles. The Morgan fingerprint density at radius 2 is 1.48 bits per heavy atom. The zero-order valence-corrected chi connectivity index (χ0v) is 18.2. The molecule has 3 aromatic carbocycles. The molecule has 1 aliphatic rings. The number of imide groups is 1. The smallest absolute Gasteiger partial charge is 0.282 e. The van der Waals surface area contributed by atoms with E-state index in [4.69, 9.17) is 14.2 Å². The third-order valence-corrected chi connectivity index (χ3v) is 5.21. The molecular formula is C25H21FN2O5. The third-order valence-electron chi connectivity index (χ3n) is 5.21. The van der Waals surface area contributed by atoms with Gasteiger partial charge in [-0.05, 0) is 42.0 Å². The van der Waals surface area contributed by atoms with Crippen LogP contribution in [-0.2, 0) is 9.59 Å². The molecule has 168 valence electrons. The van der Waals surface area contributed by atoms with Gasteiger partial charge in [-0.2, -0.15) is 0 Å². The number of carbonyl (C=O) groups is 2. The number of amides is 2. The molecule has 3 aromatic rings. The van der Waals surface area contributed by atoms with Gasteiger partial charge in [-0.1, -0.05) is 24.3 Å². The first-order valence-electron chi connectivity index (χ1n) is 9.99. The third kappa shape index (κ3) is 3.98. The Hall–Kier alpha value is -4.33. The SMILES string of the molecule is COc1ccc(N2C(=O)C(Nc3ccccc3OC)=C(c3ccc(F)cc3)C2=O)c(OC)c1. The summed E-state index contributed by atoms with van der Waals surface area (Å²) in [5.41, 5.74) is 1.28. The van der Waals surface area contributed by atoms with Crippen LogP contribution in [0.25, 0.3) is 5.57 Å². The van der Waals surface area contributed by atoms with Crippen LogP contribution in [0.2, 0.25) is 0 Å². The first-order chi connectivity index (χ1) is 16.0. The van der Waals surface area contributed by atoms with Gasteiger partial charge in [-0.15, -0.1) is 0 Å². The van der Waals surface area contributed by atoms with Crippen LogP contribution in [0.4, 0.5) is 15.8 Å². The predicted octanol–water partition coefficient (Wildman–Crippen LogP) is 4.25. The average molecular weight is 448 g/mol. The van der Waals surface area contributed by atoms with Gasteiger partial charge in [0.05, 0.1) is 38.3 Å². The largest absolute Gasteiger partial charge is 0.497 e. The van der Waals surface area contributed by atoms with Gasteiger partial charge in [0.2, 0.25) is 0 Å². The summed E-state index contributed by atoms with van der Waals surface area (Å²) in [6, 6.07) is 17.2. The van der Waals surface area contributed by atoms with Gasteiger partial charge in [0.25, 0.3) is 11.8 Å². The van der Waals surface area contributed by atoms with Crippen molar-refractivity contribution in [3.8, 4) is 17.2 Å². The van der Waals surface area contributed by atoms with Gasteiger partial charge in [0.1, 0.15) is 28.8 Å². The number of hydrogen-bond acceptors (Lipinski definition) is 6. The molecule has 0 saturated heterocycles. The lowest BCUT2D eigenvalue weighted by Gasteiger charge is -2.19. The minimum absolute atomic E-state index is 0.0361. The van der Waals surface area contributed by atoms with E-state index in [0.717, 1.165) is 4.90 Å². The second-order valence-corrected chi connectivity index (χ2v) is 7.07. The van der Waals surface area contributed by atoms with E-state index in [1.54, 1.807) is 42.5 Å². The summed E-state index contributed by atoms with van der Waals surface area (Å²) in [6.45, 7) is 0. The number of nitrogens with zero attached hydrogens (tertiary/aromatic N) is 1. The maximum atomic E-state index is 13.6. The summed E-state index contributed by atoms with van der Waals surface area (Å²) in [5, 5.41) is 3.05. The molecule has 0 aromatic heterocycles. The maximum Gasteiger partial charge on any atom is 0.282 e. The topological polar surface area (TPSA) is 77.1 Å². The zero-order valence-electron chi connectivity index (χ0n) is 18.2. The van der Waals surface area contributed by atoms with Gasteiger partial charge in [0.15, 0.2) is 0 Å². The number of benzene rings is 3. The number of para-hydroxylation sites is 2. The summed E-state index contributed by atoms with van der Waals surface area (Å²) < 4.78 is 29.6. The van der Waals surface area contributed by atoms with E-state index in [-0.39, 0.29) is 22.7 Å². The highest BCUT2D eigenvalue weighted by molar-refractivity contribution is 6.46. The zero-order chi connectivity index (χ0) is 23.5. The molecule has 0 fully saturated rings. The van der Waals surface area contributed by atoms with Crippen LogP contribution in [0.1, 0.15) is 5.56 Å². The van der Waals surface area contributed by atoms with E-state index < -0.39 is 17.6 Å². The molecule has 0 spiro atoms. The molecule has 1 heterocycles. The molecule has 4 rings (SSSR count). The predicted molar refractivity (Wildman–Crippen MR) is 122 cm³/mol. The normalized spacial score (nSPS) is 13.4. The van der Waals surface area contributed by atoms with Crippen molar-refractivity contribution >= 4 is 28.8 Å². The van der Waals surface area contributed by atoms with Crippen molar-refractivity contribution in [3.05, 3.63) is 83.8 Å². The Bertz CT molecular complexity index is 1250. The lowest BCUT2D eigenvalue weighted by atomic mass is 10.0. The van der Waals surface area contributed by atoms with Gasteiger partial charge in [0, 0.05) is 6.07 Å². The highest BCUT2D eigenvalue weighted by Gasteiger charge is 2.41. The minimum atomic E-state index is -0.589. The van der Waals surface area contributed by atoms with Crippen molar-refractivity contribution in [1.82, 2.24) is 0 Å². The van der Waals surface area contributed by atoms with E-state index >= 15 is 0 Å². The van der Waals surface area contributed by atoms with Crippen molar-refractivity contribution in [3.63, 3.8) is 0 Å². The number of hydrogen-bond donors (Lipinski definition) is 1. The van der Waals surface area contributed by atoms with Gasteiger partial charge >= 0.3 is 0 Å². The summed E-state index contributed by atoms with van der Waals surface area (Å²) in [7, 11) is 4.45. The number of nitrogens with one attached hydrogen (secondary N) is 1. The number of carbonyl (C=O) groups excluding carboxylic acids is 2. The van der Waals surface area contributed by atoms with E-state index in [1.165, 1.54) is 45.6 Å². The first kappa shape index (κ1) is 21.9. The highest BCUT2D eigenvalue weighted by Crippen LogP contribution is 2.40. The molecule has 0 atom stereocenters. The molecule has 0 saturated carbocycles. The van der Waals surface area contributed by atoms with Crippen molar-refractivity contribution in [2.45, 2.75) is 0 Å². The van der Waals surface area contributed by atoms with Crippen LogP contribution in [0.5, 0.6) is 17.2 Å². The molecule has 2 amide bonds. The minimum Gasteiger partial charge on any atom is -0.497 e. The standard InChI is InChI=1S/C25H21FN2O5/c1-31-17-12-13-19(21(14-17)33-3)28-24(29)22(15-8-10-16(26)11-9-15)23(25(28)30)27-18-6-4-5-7-20(18)32-2/h4-14,27H,1-3H3. The molecule has 0 aliphatic carbocycles. The van der Waals surface area contributed by atoms with Crippen molar-refractivity contribution in [2.75, 3.05) is 31.5 Å². The second kappa shape index (κ2) is 9.04. The fourth-order valence-corrected chi connectivity index (χ4v) is 3.60. The number of methoxy groups -OCH3 is 3. The fourth-order valence-electron chi connectivity index (χ4n) is 3.60. The number of anilines is 2. The summed E-state index contributed by atoms with van der Waals surface area (Å²) in [5.74, 6) is -0.337. The summed E-state index contributed by atoms with van der Waals surface area (Å²) in [6.07, 6.45) is 0. The Kier molecular flexibility index (Phi) is 5.99. The fraction of sp³-hybridized carbons (Fsp3) is 0.120. The Morgan fingerprint density at radius 3 is 2.15 bits per heavy atom. The average Bonchev–Trinajstić information content (AvgIpc) is 3.08. The lowest BCUT2D eigenvalue weighted by molar-refractivity contribution is -0.120. The van der Waals surface area contributed by atoms with Crippen LogP contribution < -0.4 is 24.4 Å². The first-order valence-corrected chi connectivity index (χ1v) is 9.99. The van der Waals surface area contributed by atoms with Crippen LogP contribution in [0, 0.1) is 5.82 Å². The van der Waals surface area contributed by atoms with E-state index in [1.807, 2.05) is 0 Å². The van der Waals surface area contributed by atoms with Crippen molar-refractivity contribution in [1.29, 1.82) is 0 Å². The van der Waals surface area contributed by atoms with Gasteiger partial charge in [-0.25, -0.2) is 9.29 Å². The lowest BCUT2D eigenvalue weighted by Crippen LogP contribution is -2.32. The molecular weight excluding hydrogens is 427 g/mol. The summed E-state index contributed by atoms with van der Waals surface area (Å²) in [4.78, 5) is 28.2. The highest BCUT2D eigenvalue weighted by atomic mass is 19.1. The molecule has 8 heteroatoms. The van der Waals surface area contributed by atoms with Crippen LogP contribution in [0.15, 0.2) is 72.4 Å². The number of rotatable bonds is 7. The van der Waals surface area contributed by atoms with Crippen molar-refractivity contribution in [2.24, 2.45) is 0 Å². The second-order valence-electron chi connectivity index (χ2n) is 7.07. The number of halogens is 1. The monoisotopic (exact) mass is 448 g/mol. The Morgan fingerprint density at radius 1 is 0.788 bits per heavy atom. The Balaban J connectivity index is 1.85. The van der Waals surface area contributed by atoms with E-state index in [0.29, 0.717) is 22.7 Å². The van der Waals surface area contributed by atoms with Gasteiger partial charge in [-0.3, -0.25) is 9.59 Å². The van der Waals surface area contributed by atoms with Crippen LogP contribution in [0.3, 0.4) is 0 Å². The van der Waals surface area contributed by atoms with Crippen LogP contribution >= 0.6 is 0 Å². The van der Waals surface area contributed by atoms with Gasteiger partial charge < -0.3 is 19.5 Å². The molecule has 7 nitrogen and oxygen atoms in total. The number of ether oxygens (including phenoxy) is 3. The molecule has 33 heavy (non-hydrogen) atoms. The van der Waals surface area contributed by atoms with E-state index in [2.05, 4.69) is 5.32 Å². The molecule has 1 N–H and O–H groups in total. The molecule has 0 radical (unpaired) electrons. The van der Waals surface area contributed by atoms with Crippen LogP contribution in [-0.4, -0.2) is 33.1 Å². The van der Waals surface area contributed by atoms with Crippen molar-refractivity contribution < 1.29 is 28.2 Å². The summed E-state index contributed by atoms with van der Waals surface area (Å²) >= 11 is 0. The Labute approximate surface area is 190 Å². The molecule has 0 bridgehead atoms. The quantitative estimate of drug-likeness (QED) is 0.545. The maximum absolute atomic E-state index is 13.6.